The zero-order valence-corrected chi connectivity index (χ0v) is 13.9. The van der Waals surface area contributed by atoms with Gasteiger partial charge in [0.2, 0.25) is 0 Å². The van der Waals surface area contributed by atoms with Gasteiger partial charge < -0.3 is 10.1 Å². The van der Waals surface area contributed by atoms with Crippen molar-refractivity contribution in [1.29, 1.82) is 0 Å². The minimum Gasteiger partial charge on any atom is -0.372 e. The fourth-order valence-corrected chi connectivity index (χ4v) is 2.62. The standard InChI is InChI=1S/C19H22FNO2/c1-13-9-14(2)11-15(10-13)18(22)21-12-19(3,23-4)16-7-5-6-8-17(16)20/h5-11H,12H2,1-4H3,(H,21,22). The highest BCUT2D eigenvalue weighted by Gasteiger charge is 2.29. The molecule has 0 heterocycles. The second kappa shape index (κ2) is 6.92. The second-order valence-electron chi connectivity index (χ2n) is 5.97. The van der Waals surface area contributed by atoms with E-state index in [9.17, 15) is 9.18 Å². The van der Waals surface area contributed by atoms with Crippen LogP contribution in [0.4, 0.5) is 4.39 Å². The maximum absolute atomic E-state index is 14.0. The Morgan fingerprint density at radius 1 is 1.17 bits per heavy atom. The first-order valence-electron chi connectivity index (χ1n) is 7.52. The fourth-order valence-electron chi connectivity index (χ4n) is 2.62. The zero-order chi connectivity index (χ0) is 17.0. The van der Waals surface area contributed by atoms with Gasteiger partial charge in [-0.3, -0.25) is 4.79 Å². The Morgan fingerprint density at radius 3 is 2.35 bits per heavy atom. The number of halogens is 1. The molecule has 0 saturated heterocycles. The summed E-state index contributed by atoms with van der Waals surface area (Å²) in [6.07, 6.45) is 0. The van der Waals surface area contributed by atoms with Gasteiger partial charge in [0.15, 0.2) is 0 Å². The number of ether oxygens (including phenoxy) is 1. The van der Waals surface area contributed by atoms with Crippen molar-refractivity contribution in [2.75, 3.05) is 13.7 Å². The third-order valence-corrected chi connectivity index (χ3v) is 3.96. The third kappa shape index (κ3) is 3.96. The average molecular weight is 315 g/mol. The van der Waals surface area contributed by atoms with Gasteiger partial charge in [0.05, 0.1) is 6.54 Å². The van der Waals surface area contributed by atoms with Crippen molar-refractivity contribution < 1.29 is 13.9 Å². The summed E-state index contributed by atoms with van der Waals surface area (Å²) in [4.78, 5) is 12.4. The molecule has 23 heavy (non-hydrogen) atoms. The normalized spacial score (nSPS) is 13.4. The molecule has 0 bridgehead atoms. The van der Waals surface area contributed by atoms with E-state index in [0.29, 0.717) is 11.1 Å². The minimum atomic E-state index is -0.931. The summed E-state index contributed by atoms with van der Waals surface area (Å²) in [5.41, 5.74) is 2.13. The maximum Gasteiger partial charge on any atom is 0.251 e. The number of amides is 1. The molecule has 1 unspecified atom stereocenters. The molecule has 1 amide bonds. The van der Waals surface area contributed by atoms with Crippen LogP contribution in [-0.4, -0.2) is 19.6 Å². The predicted molar refractivity (Wildman–Crippen MR) is 89.0 cm³/mol. The molecular formula is C19H22FNO2. The number of methoxy groups -OCH3 is 1. The van der Waals surface area contributed by atoms with E-state index in [0.717, 1.165) is 11.1 Å². The van der Waals surface area contributed by atoms with Crippen molar-refractivity contribution in [3.05, 3.63) is 70.5 Å². The third-order valence-electron chi connectivity index (χ3n) is 3.96. The topological polar surface area (TPSA) is 38.3 Å². The van der Waals surface area contributed by atoms with E-state index >= 15 is 0 Å². The molecule has 0 aromatic heterocycles. The molecular weight excluding hydrogens is 293 g/mol. The number of aryl methyl sites for hydroxylation is 2. The lowest BCUT2D eigenvalue weighted by molar-refractivity contribution is 0.000389. The lowest BCUT2D eigenvalue weighted by atomic mass is 9.95. The summed E-state index contributed by atoms with van der Waals surface area (Å²) in [5.74, 6) is -0.547. The summed E-state index contributed by atoms with van der Waals surface area (Å²) in [6.45, 7) is 5.83. The number of nitrogens with one attached hydrogen (secondary N) is 1. The van der Waals surface area contributed by atoms with Gasteiger partial charge in [-0.1, -0.05) is 35.4 Å². The summed E-state index contributed by atoms with van der Waals surface area (Å²) >= 11 is 0. The fraction of sp³-hybridized carbons (Fsp3) is 0.316. The maximum atomic E-state index is 14.0. The number of carbonyl (C=O) groups is 1. The van der Waals surface area contributed by atoms with Crippen molar-refractivity contribution in [1.82, 2.24) is 5.32 Å². The van der Waals surface area contributed by atoms with E-state index in [1.165, 1.54) is 13.2 Å². The number of benzene rings is 2. The molecule has 2 aromatic rings. The van der Waals surface area contributed by atoms with Crippen molar-refractivity contribution in [2.45, 2.75) is 26.4 Å². The Morgan fingerprint density at radius 2 is 1.78 bits per heavy atom. The van der Waals surface area contributed by atoms with Gasteiger partial charge in [-0.05, 0) is 39.0 Å². The lowest BCUT2D eigenvalue weighted by Crippen LogP contribution is -2.40. The summed E-state index contributed by atoms with van der Waals surface area (Å²) in [7, 11) is 1.51. The van der Waals surface area contributed by atoms with Gasteiger partial charge in [-0.25, -0.2) is 4.39 Å². The van der Waals surface area contributed by atoms with Crippen LogP contribution in [-0.2, 0) is 10.3 Å². The van der Waals surface area contributed by atoms with Gasteiger partial charge in [-0.2, -0.15) is 0 Å². The first-order chi connectivity index (χ1) is 10.9. The van der Waals surface area contributed by atoms with Crippen LogP contribution < -0.4 is 5.32 Å². The Labute approximate surface area is 136 Å². The number of hydrogen-bond donors (Lipinski definition) is 1. The van der Waals surface area contributed by atoms with Crippen LogP contribution in [0.2, 0.25) is 0 Å². The van der Waals surface area contributed by atoms with Gasteiger partial charge in [0.25, 0.3) is 5.91 Å². The first-order valence-corrected chi connectivity index (χ1v) is 7.52. The van der Waals surface area contributed by atoms with E-state index < -0.39 is 5.60 Å². The van der Waals surface area contributed by atoms with Crippen LogP contribution in [0.3, 0.4) is 0 Å². The van der Waals surface area contributed by atoms with Crippen molar-refractivity contribution in [3.8, 4) is 0 Å². The molecule has 0 spiro atoms. The molecule has 1 N–H and O–H groups in total. The van der Waals surface area contributed by atoms with E-state index in [-0.39, 0.29) is 18.3 Å². The summed E-state index contributed by atoms with van der Waals surface area (Å²) < 4.78 is 19.5. The lowest BCUT2D eigenvalue weighted by Gasteiger charge is -2.29. The predicted octanol–water partition coefficient (Wildman–Crippen LogP) is 3.73. The molecule has 2 aromatic carbocycles. The van der Waals surface area contributed by atoms with E-state index in [4.69, 9.17) is 4.74 Å². The molecule has 2 rings (SSSR count). The van der Waals surface area contributed by atoms with Gasteiger partial charge >= 0.3 is 0 Å². The minimum absolute atomic E-state index is 0.177. The molecule has 4 heteroatoms. The van der Waals surface area contributed by atoms with Crippen molar-refractivity contribution >= 4 is 5.91 Å². The quantitative estimate of drug-likeness (QED) is 0.913. The van der Waals surface area contributed by atoms with Gasteiger partial charge in [0.1, 0.15) is 11.4 Å². The Balaban J connectivity index is 2.17. The molecule has 122 valence electrons. The van der Waals surface area contributed by atoms with Crippen LogP contribution in [0.15, 0.2) is 42.5 Å². The summed E-state index contributed by atoms with van der Waals surface area (Å²) in [5, 5.41) is 2.84. The van der Waals surface area contributed by atoms with Crippen LogP contribution in [0.1, 0.15) is 34.0 Å². The highest BCUT2D eigenvalue weighted by molar-refractivity contribution is 5.94. The van der Waals surface area contributed by atoms with E-state index in [1.807, 2.05) is 32.0 Å². The van der Waals surface area contributed by atoms with Crippen LogP contribution in [0, 0.1) is 19.7 Å². The Hall–Kier alpha value is -2.20. The summed E-state index contributed by atoms with van der Waals surface area (Å²) in [6, 6.07) is 12.1. The monoisotopic (exact) mass is 315 g/mol. The zero-order valence-electron chi connectivity index (χ0n) is 13.9. The Bertz CT molecular complexity index is 694. The van der Waals surface area contributed by atoms with Crippen LogP contribution in [0.5, 0.6) is 0 Å². The number of hydrogen-bond acceptors (Lipinski definition) is 2. The SMILES string of the molecule is COC(C)(CNC(=O)c1cc(C)cc(C)c1)c1ccccc1F. The molecule has 0 aliphatic carbocycles. The Kier molecular flexibility index (Phi) is 5.16. The number of carbonyl (C=O) groups excluding carboxylic acids is 1. The van der Waals surface area contributed by atoms with Crippen LogP contribution in [0.25, 0.3) is 0 Å². The first kappa shape index (κ1) is 17.2. The van der Waals surface area contributed by atoms with E-state index in [1.54, 1.807) is 25.1 Å². The molecule has 0 saturated carbocycles. The molecule has 0 aliphatic heterocycles. The highest BCUT2D eigenvalue weighted by Crippen LogP contribution is 2.26. The highest BCUT2D eigenvalue weighted by atomic mass is 19.1. The number of rotatable bonds is 5. The van der Waals surface area contributed by atoms with Gasteiger partial charge in [0, 0.05) is 18.2 Å². The van der Waals surface area contributed by atoms with Gasteiger partial charge in [-0.15, -0.1) is 0 Å². The van der Waals surface area contributed by atoms with Crippen molar-refractivity contribution in [3.63, 3.8) is 0 Å². The molecule has 0 fully saturated rings. The van der Waals surface area contributed by atoms with Crippen molar-refractivity contribution in [2.24, 2.45) is 0 Å². The average Bonchev–Trinajstić information content (AvgIpc) is 2.51. The smallest absolute Gasteiger partial charge is 0.251 e. The molecule has 0 aliphatic rings. The van der Waals surface area contributed by atoms with Crippen LogP contribution >= 0.6 is 0 Å². The molecule has 3 nitrogen and oxygen atoms in total. The van der Waals surface area contributed by atoms with E-state index in [2.05, 4.69) is 5.32 Å². The molecule has 1 atom stereocenters. The largest absolute Gasteiger partial charge is 0.372 e. The molecule has 0 radical (unpaired) electrons. The second-order valence-corrected chi connectivity index (χ2v) is 5.97.